The van der Waals surface area contributed by atoms with Crippen LogP contribution in [0.15, 0.2) is 24.3 Å². The minimum absolute atomic E-state index is 0.149. The highest BCUT2D eigenvalue weighted by Gasteiger charge is 2.33. The number of nitrogens with zero attached hydrogens (tertiary/aromatic N) is 3. The fourth-order valence-electron chi connectivity index (χ4n) is 3.31. The number of hydrogen-bond donors (Lipinski definition) is 1. The number of β-amino-alcohol motifs (C(OH)–C–C–N with tert-alkyl or cyclic N) is 1. The number of halogens is 1. The average molecular weight is 336 g/mol. The first kappa shape index (κ1) is 16.3. The zero-order valence-electron chi connectivity index (χ0n) is 13.7. The van der Waals surface area contributed by atoms with Crippen LogP contribution in [-0.2, 0) is 13.6 Å². The van der Waals surface area contributed by atoms with Crippen molar-refractivity contribution in [3.63, 3.8) is 0 Å². The SMILES string of the molecule is COc1cccc([C@H]2C[C@@H](O)CN2Cc2c(C)nn(C)c2Cl)c1. The van der Waals surface area contributed by atoms with E-state index in [0.717, 1.165) is 22.6 Å². The van der Waals surface area contributed by atoms with E-state index in [-0.39, 0.29) is 12.1 Å². The molecule has 5 nitrogen and oxygen atoms in total. The van der Waals surface area contributed by atoms with E-state index in [0.29, 0.717) is 24.7 Å². The van der Waals surface area contributed by atoms with Crippen LogP contribution in [-0.4, -0.2) is 39.5 Å². The van der Waals surface area contributed by atoms with Crippen LogP contribution in [0.3, 0.4) is 0 Å². The van der Waals surface area contributed by atoms with Crippen molar-refractivity contribution >= 4 is 11.6 Å². The quantitative estimate of drug-likeness (QED) is 0.933. The van der Waals surface area contributed by atoms with Crippen molar-refractivity contribution in [2.45, 2.75) is 32.0 Å². The number of ether oxygens (including phenoxy) is 1. The molecule has 0 saturated carbocycles. The van der Waals surface area contributed by atoms with Gasteiger partial charge in [0, 0.05) is 31.7 Å². The van der Waals surface area contributed by atoms with Crippen LogP contribution in [0.4, 0.5) is 0 Å². The number of aliphatic hydroxyl groups is 1. The maximum atomic E-state index is 10.2. The summed E-state index contributed by atoms with van der Waals surface area (Å²) in [6.45, 7) is 3.28. The Labute approximate surface area is 141 Å². The number of rotatable bonds is 4. The fraction of sp³-hybridized carbons (Fsp3) is 0.471. The van der Waals surface area contributed by atoms with E-state index in [2.05, 4.69) is 16.1 Å². The van der Waals surface area contributed by atoms with Crippen LogP contribution in [0, 0.1) is 6.92 Å². The molecule has 23 heavy (non-hydrogen) atoms. The molecule has 0 amide bonds. The summed E-state index contributed by atoms with van der Waals surface area (Å²) < 4.78 is 7.01. The van der Waals surface area contributed by atoms with Crippen molar-refractivity contribution in [1.82, 2.24) is 14.7 Å². The van der Waals surface area contributed by atoms with E-state index >= 15 is 0 Å². The van der Waals surface area contributed by atoms with Crippen LogP contribution in [0.1, 0.15) is 29.3 Å². The number of hydrogen-bond acceptors (Lipinski definition) is 4. The van der Waals surface area contributed by atoms with E-state index in [1.807, 2.05) is 32.2 Å². The summed E-state index contributed by atoms with van der Waals surface area (Å²) in [4.78, 5) is 2.26. The van der Waals surface area contributed by atoms with Crippen molar-refractivity contribution in [2.75, 3.05) is 13.7 Å². The first-order valence-electron chi connectivity index (χ1n) is 7.73. The maximum absolute atomic E-state index is 10.2. The molecule has 1 aliphatic rings. The van der Waals surface area contributed by atoms with Crippen LogP contribution >= 0.6 is 11.6 Å². The summed E-state index contributed by atoms with van der Waals surface area (Å²) in [5.74, 6) is 0.833. The van der Waals surface area contributed by atoms with E-state index in [9.17, 15) is 5.11 Å². The smallest absolute Gasteiger partial charge is 0.131 e. The predicted molar refractivity (Wildman–Crippen MR) is 89.7 cm³/mol. The topological polar surface area (TPSA) is 50.5 Å². The standard InChI is InChI=1S/C17H22ClN3O2/c1-11-15(17(18)20(2)19-11)10-21-9-13(22)8-16(21)12-5-4-6-14(7-12)23-3/h4-7,13,16,22H,8-10H2,1-3H3/t13-,16-/m1/s1. The van der Waals surface area contributed by atoms with E-state index in [1.165, 1.54) is 0 Å². The van der Waals surface area contributed by atoms with Gasteiger partial charge in [-0.15, -0.1) is 0 Å². The van der Waals surface area contributed by atoms with Crippen molar-refractivity contribution < 1.29 is 9.84 Å². The number of aliphatic hydroxyl groups excluding tert-OH is 1. The van der Waals surface area contributed by atoms with Crippen LogP contribution in [0.25, 0.3) is 0 Å². The Balaban J connectivity index is 1.87. The van der Waals surface area contributed by atoms with Crippen molar-refractivity contribution in [1.29, 1.82) is 0 Å². The second kappa shape index (κ2) is 6.51. The van der Waals surface area contributed by atoms with Gasteiger partial charge in [0.2, 0.25) is 0 Å². The van der Waals surface area contributed by atoms with Crippen LogP contribution < -0.4 is 4.74 Å². The molecular weight excluding hydrogens is 314 g/mol. The highest BCUT2D eigenvalue weighted by atomic mass is 35.5. The molecule has 1 fully saturated rings. The summed E-state index contributed by atoms with van der Waals surface area (Å²) in [5, 5.41) is 15.2. The van der Waals surface area contributed by atoms with Crippen molar-refractivity contribution in [3.8, 4) is 5.75 Å². The Kier molecular flexibility index (Phi) is 4.62. The molecule has 6 heteroatoms. The van der Waals surface area contributed by atoms with Crippen molar-refractivity contribution in [2.24, 2.45) is 7.05 Å². The summed E-state index contributed by atoms with van der Waals surface area (Å²) in [6, 6.07) is 8.18. The maximum Gasteiger partial charge on any atom is 0.131 e. The molecule has 1 aromatic heterocycles. The van der Waals surface area contributed by atoms with Crippen LogP contribution in [0.5, 0.6) is 5.75 Å². The van der Waals surface area contributed by atoms with Gasteiger partial charge >= 0.3 is 0 Å². The van der Waals surface area contributed by atoms with Gasteiger partial charge in [-0.1, -0.05) is 23.7 Å². The third-order valence-corrected chi connectivity index (χ3v) is 4.96. The largest absolute Gasteiger partial charge is 0.497 e. The fourth-order valence-corrected chi connectivity index (χ4v) is 3.54. The third kappa shape index (κ3) is 3.22. The average Bonchev–Trinajstić information content (AvgIpc) is 3.02. The molecule has 0 aliphatic carbocycles. The van der Waals surface area contributed by atoms with Gasteiger partial charge in [-0.2, -0.15) is 5.10 Å². The highest BCUT2D eigenvalue weighted by molar-refractivity contribution is 6.30. The molecule has 0 bridgehead atoms. The van der Waals surface area contributed by atoms with Gasteiger partial charge < -0.3 is 9.84 Å². The van der Waals surface area contributed by atoms with E-state index in [4.69, 9.17) is 16.3 Å². The Hall–Kier alpha value is -1.56. The summed E-state index contributed by atoms with van der Waals surface area (Å²) in [7, 11) is 3.51. The second-order valence-corrected chi connectivity index (χ2v) is 6.45. The molecule has 1 aliphatic heterocycles. The lowest BCUT2D eigenvalue weighted by atomic mass is 10.0. The predicted octanol–water partition coefficient (Wildman–Crippen LogP) is 2.70. The van der Waals surface area contributed by atoms with Crippen molar-refractivity contribution in [3.05, 3.63) is 46.2 Å². The van der Waals surface area contributed by atoms with E-state index < -0.39 is 0 Å². The lowest BCUT2D eigenvalue weighted by Gasteiger charge is -2.24. The highest BCUT2D eigenvalue weighted by Crippen LogP contribution is 2.36. The Morgan fingerprint density at radius 1 is 1.43 bits per heavy atom. The van der Waals surface area contributed by atoms with E-state index in [1.54, 1.807) is 11.8 Å². The summed E-state index contributed by atoms with van der Waals surface area (Å²) in [5.41, 5.74) is 3.11. The minimum Gasteiger partial charge on any atom is -0.497 e. The Morgan fingerprint density at radius 3 is 2.87 bits per heavy atom. The molecule has 124 valence electrons. The molecular formula is C17H22ClN3O2. The number of benzene rings is 1. The molecule has 0 radical (unpaired) electrons. The lowest BCUT2D eigenvalue weighted by molar-refractivity contribution is 0.172. The Bertz CT molecular complexity index is 701. The summed E-state index contributed by atoms with van der Waals surface area (Å²) >= 11 is 6.36. The minimum atomic E-state index is -0.332. The van der Waals surface area contributed by atoms with Gasteiger partial charge in [-0.05, 0) is 31.0 Å². The summed E-state index contributed by atoms with van der Waals surface area (Å²) in [6.07, 6.45) is 0.381. The van der Waals surface area contributed by atoms with Gasteiger partial charge in [0.15, 0.2) is 0 Å². The van der Waals surface area contributed by atoms with Gasteiger partial charge in [-0.3, -0.25) is 9.58 Å². The monoisotopic (exact) mass is 335 g/mol. The molecule has 2 heterocycles. The van der Waals surface area contributed by atoms with Gasteiger partial charge in [0.25, 0.3) is 0 Å². The molecule has 0 unspecified atom stereocenters. The normalized spacial score (nSPS) is 21.8. The molecule has 1 N–H and O–H groups in total. The van der Waals surface area contributed by atoms with Gasteiger partial charge in [-0.25, -0.2) is 0 Å². The first-order valence-corrected chi connectivity index (χ1v) is 8.11. The third-order valence-electron chi connectivity index (χ3n) is 4.49. The number of likely N-dealkylation sites (tertiary alicyclic amines) is 1. The van der Waals surface area contributed by atoms with Gasteiger partial charge in [0.1, 0.15) is 10.9 Å². The zero-order chi connectivity index (χ0) is 16.6. The lowest BCUT2D eigenvalue weighted by Crippen LogP contribution is -2.24. The Morgan fingerprint density at radius 2 is 2.22 bits per heavy atom. The second-order valence-electron chi connectivity index (χ2n) is 6.09. The zero-order valence-corrected chi connectivity index (χ0v) is 14.4. The number of aromatic nitrogens is 2. The van der Waals surface area contributed by atoms with Crippen LogP contribution in [0.2, 0.25) is 5.15 Å². The molecule has 3 rings (SSSR count). The molecule has 0 spiro atoms. The number of aryl methyl sites for hydroxylation is 2. The molecule has 1 saturated heterocycles. The molecule has 2 atom stereocenters. The molecule has 2 aromatic rings. The molecule has 1 aromatic carbocycles. The van der Waals surface area contributed by atoms with Gasteiger partial charge in [0.05, 0.1) is 18.9 Å². The number of methoxy groups -OCH3 is 1. The first-order chi connectivity index (χ1) is 11.0.